The molecule has 0 unspecified atom stereocenters. The van der Waals surface area contributed by atoms with E-state index in [9.17, 15) is 4.79 Å². The lowest BCUT2D eigenvalue weighted by Gasteiger charge is -2.11. The summed E-state index contributed by atoms with van der Waals surface area (Å²) in [5.41, 5.74) is -0.312. The second-order valence-corrected chi connectivity index (χ2v) is 5.15. The van der Waals surface area contributed by atoms with Crippen LogP contribution in [-0.4, -0.2) is 0 Å². The standard InChI is InChI=1S/C14H15ClO2/c1-9(2)7-12(15)13-8-10-5-3-4-6-11(10)14(16)17-13/h3-6,8-9,12H,7H2,1-2H3/t12-/m0/s1. The molecule has 0 bridgehead atoms. The SMILES string of the molecule is CC(C)C[C@H](Cl)c1cc2ccccc2c(=O)o1. The van der Waals surface area contributed by atoms with Crippen molar-refractivity contribution in [2.24, 2.45) is 5.92 Å². The lowest BCUT2D eigenvalue weighted by Crippen LogP contribution is -2.04. The van der Waals surface area contributed by atoms with Crippen LogP contribution in [0.4, 0.5) is 0 Å². The molecule has 1 aromatic carbocycles. The quantitative estimate of drug-likeness (QED) is 0.767. The van der Waals surface area contributed by atoms with Crippen LogP contribution in [0, 0.1) is 5.92 Å². The van der Waals surface area contributed by atoms with E-state index in [0.717, 1.165) is 11.8 Å². The maximum Gasteiger partial charge on any atom is 0.343 e. The first-order valence-electron chi connectivity index (χ1n) is 5.75. The molecule has 1 aromatic heterocycles. The van der Waals surface area contributed by atoms with Crippen molar-refractivity contribution in [2.45, 2.75) is 25.6 Å². The van der Waals surface area contributed by atoms with Gasteiger partial charge in [0.25, 0.3) is 0 Å². The molecule has 1 atom stereocenters. The highest BCUT2D eigenvalue weighted by Gasteiger charge is 2.14. The highest BCUT2D eigenvalue weighted by Crippen LogP contribution is 2.28. The molecule has 0 aliphatic carbocycles. The third-order valence-corrected chi connectivity index (χ3v) is 3.07. The average molecular weight is 251 g/mol. The highest BCUT2D eigenvalue weighted by molar-refractivity contribution is 6.20. The van der Waals surface area contributed by atoms with Gasteiger partial charge in [-0.25, -0.2) is 4.79 Å². The van der Waals surface area contributed by atoms with Gasteiger partial charge in [-0.1, -0.05) is 32.0 Å². The molecule has 90 valence electrons. The lowest BCUT2D eigenvalue weighted by atomic mass is 10.1. The molecule has 2 rings (SSSR count). The Morgan fingerprint density at radius 3 is 2.71 bits per heavy atom. The maximum atomic E-state index is 11.8. The van der Waals surface area contributed by atoms with Gasteiger partial charge in [-0.3, -0.25) is 0 Å². The molecule has 0 amide bonds. The van der Waals surface area contributed by atoms with Gasteiger partial charge in [0.1, 0.15) is 5.76 Å². The molecule has 0 saturated heterocycles. The van der Waals surface area contributed by atoms with Crippen molar-refractivity contribution in [3.8, 4) is 0 Å². The highest BCUT2D eigenvalue weighted by atomic mass is 35.5. The number of hydrogen-bond donors (Lipinski definition) is 0. The zero-order valence-electron chi connectivity index (χ0n) is 9.94. The van der Waals surface area contributed by atoms with Crippen molar-refractivity contribution in [1.29, 1.82) is 0 Å². The summed E-state index contributed by atoms with van der Waals surface area (Å²) in [5, 5.41) is 1.24. The third kappa shape index (κ3) is 2.70. The predicted molar refractivity (Wildman–Crippen MR) is 70.5 cm³/mol. The molecule has 0 saturated carbocycles. The molecule has 1 heterocycles. The predicted octanol–water partition coefficient (Wildman–Crippen LogP) is 4.12. The van der Waals surface area contributed by atoms with Crippen molar-refractivity contribution in [1.82, 2.24) is 0 Å². The molecule has 2 aromatic rings. The van der Waals surface area contributed by atoms with Gasteiger partial charge in [0.05, 0.1) is 10.8 Å². The van der Waals surface area contributed by atoms with Gasteiger partial charge in [-0.15, -0.1) is 11.6 Å². The zero-order valence-corrected chi connectivity index (χ0v) is 10.7. The van der Waals surface area contributed by atoms with Gasteiger partial charge in [0.2, 0.25) is 0 Å². The van der Waals surface area contributed by atoms with Crippen molar-refractivity contribution < 1.29 is 4.42 Å². The normalized spacial score (nSPS) is 13.2. The van der Waals surface area contributed by atoms with Crippen LogP contribution < -0.4 is 5.63 Å². The van der Waals surface area contributed by atoms with Crippen LogP contribution in [0.5, 0.6) is 0 Å². The summed E-state index contributed by atoms with van der Waals surface area (Å²) >= 11 is 6.24. The summed E-state index contributed by atoms with van der Waals surface area (Å²) in [6, 6.07) is 9.24. The fourth-order valence-electron chi connectivity index (χ4n) is 1.84. The Kier molecular flexibility index (Phi) is 3.53. The van der Waals surface area contributed by atoms with Crippen LogP contribution in [0.15, 0.2) is 39.5 Å². The van der Waals surface area contributed by atoms with Crippen LogP contribution in [0.25, 0.3) is 10.8 Å². The number of rotatable bonds is 3. The van der Waals surface area contributed by atoms with Crippen molar-refractivity contribution >= 4 is 22.4 Å². The van der Waals surface area contributed by atoms with E-state index in [1.165, 1.54) is 0 Å². The third-order valence-electron chi connectivity index (χ3n) is 2.68. The number of benzene rings is 1. The van der Waals surface area contributed by atoms with E-state index in [0.29, 0.717) is 17.1 Å². The van der Waals surface area contributed by atoms with Gasteiger partial charge >= 0.3 is 5.63 Å². The molecular formula is C14H15ClO2. The summed E-state index contributed by atoms with van der Waals surface area (Å²) < 4.78 is 5.27. The average Bonchev–Trinajstić information content (AvgIpc) is 2.28. The molecule has 0 spiro atoms. The van der Waals surface area contributed by atoms with Gasteiger partial charge in [0, 0.05) is 0 Å². The lowest BCUT2D eigenvalue weighted by molar-refractivity contribution is 0.435. The molecule has 17 heavy (non-hydrogen) atoms. The Labute approximate surface area is 105 Å². The maximum absolute atomic E-state index is 11.8. The van der Waals surface area contributed by atoms with Crippen molar-refractivity contribution in [3.05, 3.63) is 46.5 Å². The molecular weight excluding hydrogens is 236 g/mol. The van der Waals surface area contributed by atoms with Gasteiger partial charge in [0.15, 0.2) is 0 Å². The minimum atomic E-state index is -0.312. The summed E-state index contributed by atoms with van der Waals surface area (Å²) in [4.78, 5) is 11.8. The Morgan fingerprint density at radius 2 is 2.00 bits per heavy atom. The van der Waals surface area contributed by atoms with Crippen LogP contribution >= 0.6 is 11.6 Å². The Morgan fingerprint density at radius 1 is 1.29 bits per heavy atom. The topological polar surface area (TPSA) is 30.2 Å². The van der Waals surface area contributed by atoms with Crippen molar-refractivity contribution in [2.75, 3.05) is 0 Å². The molecule has 0 N–H and O–H groups in total. The largest absolute Gasteiger partial charge is 0.426 e. The smallest absolute Gasteiger partial charge is 0.343 e. The zero-order chi connectivity index (χ0) is 12.4. The fourth-order valence-corrected chi connectivity index (χ4v) is 2.30. The molecule has 0 fully saturated rings. The minimum absolute atomic E-state index is 0.243. The van der Waals surface area contributed by atoms with Gasteiger partial charge in [-0.05, 0) is 29.9 Å². The van der Waals surface area contributed by atoms with Crippen LogP contribution in [-0.2, 0) is 0 Å². The molecule has 0 radical (unpaired) electrons. The number of hydrogen-bond acceptors (Lipinski definition) is 2. The molecule has 0 aliphatic heterocycles. The van der Waals surface area contributed by atoms with Crippen LogP contribution in [0.2, 0.25) is 0 Å². The van der Waals surface area contributed by atoms with E-state index in [2.05, 4.69) is 13.8 Å². The van der Waals surface area contributed by atoms with E-state index in [4.69, 9.17) is 16.0 Å². The Bertz CT molecular complexity index is 572. The molecule has 2 nitrogen and oxygen atoms in total. The van der Waals surface area contributed by atoms with E-state index in [-0.39, 0.29) is 11.0 Å². The first kappa shape index (κ1) is 12.2. The van der Waals surface area contributed by atoms with Crippen LogP contribution in [0.1, 0.15) is 31.4 Å². The monoisotopic (exact) mass is 250 g/mol. The summed E-state index contributed by atoms with van der Waals surface area (Å²) in [6.07, 6.45) is 0.794. The van der Waals surface area contributed by atoms with Crippen molar-refractivity contribution in [3.63, 3.8) is 0 Å². The van der Waals surface area contributed by atoms with E-state index in [1.807, 2.05) is 24.3 Å². The first-order chi connectivity index (χ1) is 8.08. The van der Waals surface area contributed by atoms with E-state index in [1.54, 1.807) is 6.07 Å². The van der Waals surface area contributed by atoms with Gasteiger partial charge < -0.3 is 4.42 Å². The summed E-state index contributed by atoms with van der Waals surface area (Å²) in [7, 11) is 0. The number of alkyl halides is 1. The van der Waals surface area contributed by atoms with Gasteiger partial charge in [-0.2, -0.15) is 0 Å². The Hall–Kier alpha value is -1.28. The van der Waals surface area contributed by atoms with Crippen LogP contribution in [0.3, 0.4) is 0 Å². The Balaban J connectivity index is 2.46. The van der Waals surface area contributed by atoms with E-state index >= 15 is 0 Å². The summed E-state index contributed by atoms with van der Waals surface area (Å²) in [5.74, 6) is 1.03. The van der Waals surface area contributed by atoms with E-state index < -0.39 is 0 Å². The number of halogens is 1. The molecule has 3 heteroatoms. The number of fused-ring (bicyclic) bond motifs is 1. The summed E-state index contributed by atoms with van der Waals surface area (Å²) in [6.45, 7) is 4.18. The second kappa shape index (κ2) is 4.92. The second-order valence-electron chi connectivity index (χ2n) is 4.62. The molecule has 0 aliphatic rings. The minimum Gasteiger partial charge on any atom is -0.426 e. The fraction of sp³-hybridized carbons (Fsp3) is 0.357. The first-order valence-corrected chi connectivity index (χ1v) is 6.18.